The summed E-state index contributed by atoms with van der Waals surface area (Å²) in [5.41, 5.74) is -1.06. The predicted octanol–water partition coefficient (Wildman–Crippen LogP) is 2.05. The van der Waals surface area contributed by atoms with Crippen molar-refractivity contribution < 1.29 is 24.0 Å². The molecule has 1 aromatic rings. The average molecular weight is 298 g/mol. The van der Waals surface area contributed by atoms with E-state index in [1.54, 1.807) is 4.90 Å². The van der Waals surface area contributed by atoms with Crippen LogP contribution < -0.4 is 4.90 Å². The van der Waals surface area contributed by atoms with Gasteiger partial charge in [-0.3, -0.25) is 10.1 Å². The Morgan fingerprint density at radius 1 is 1.43 bits per heavy atom. The van der Waals surface area contributed by atoms with Gasteiger partial charge in [0.15, 0.2) is 0 Å². The number of halogens is 1. The number of benzene rings is 1. The lowest BCUT2D eigenvalue weighted by molar-refractivity contribution is -0.384. The second kappa shape index (κ2) is 5.65. The number of ether oxygens (including phenoxy) is 1. The maximum Gasteiger partial charge on any atom is 0.338 e. The van der Waals surface area contributed by atoms with Crippen molar-refractivity contribution in [2.75, 3.05) is 18.0 Å². The number of carboxylic acids is 1. The molecular formula is C13H15FN2O5. The lowest BCUT2D eigenvalue weighted by Gasteiger charge is -2.36. The standard InChI is InChI=1S/C13H15FN2O5/c1-7-5-15(6-8(2)21-7)11-4-10(14)9(13(17)18)3-12(11)16(19)20/h3-4,7-8H,5-6H2,1-2H3,(H,17,18). The molecule has 1 heterocycles. The van der Waals surface area contributed by atoms with E-state index in [0.29, 0.717) is 13.1 Å². The maximum absolute atomic E-state index is 13.8. The Morgan fingerprint density at radius 2 is 2.00 bits per heavy atom. The molecule has 0 bridgehead atoms. The Balaban J connectivity index is 2.49. The first-order valence-electron chi connectivity index (χ1n) is 6.41. The predicted molar refractivity (Wildman–Crippen MR) is 72.2 cm³/mol. The first-order chi connectivity index (χ1) is 9.79. The van der Waals surface area contributed by atoms with Gasteiger partial charge >= 0.3 is 5.97 Å². The third kappa shape index (κ3) is 3.10. The van der Waals surface area contributed by atoms with Gasteiger partial charge in [-0.05, 0) is 13.8 Å². The fourth-order valence-electron chi connectivity index (χ4n) is 2.49. The van der Waals surface area contributed by atoms with Crippen LogP contribution in [0.15, 0.2) is 12.1 Å². The zero-order valence-corrected chi connectivity index (χ0v) is 11.6. The lowest BCUT2D eigenvalue weighted by Crippen LogP contribution is -2.45. The highest BCUT2D eigenvalue weighted by Crippen LogP contribution is 2.33. The Bertz CT molecular complexity index is 582. The van der Waals surface area contributed by atoms with Crippen LogP contribution in [-0.4, -0.2) is 41.3 Å². The highest BCUT2D eigenvalue weighted by molar-refractivity contribution is 5.90. The molecule has 1 N–H and O–H groups in total. The fraction of sp³-hybridized carbons (Fsp3) is 0.462. The SMILES string of the molecule is CC1CN(c2cc(F)c(C(=O)O)cc2[N+](=O)[O-])CC(C)O1. The molecule has 2 atom stereocenters. The van der Waals surface area contributed by atoms with E-state index in [1.165, 1.54) is 0 Å². The summed E-state index contributed by atoms with van der Waals surface area (Å²) in [5.74, 6) is -2.53. The molecule has 8 heteroatoms. The fourth-order valence-corrected chi connectivity index (χ4v) is 2.49. The molecule has 2 unspecified atom stereocenters. The van der Waals surface area contributed by atoms with Gasteiger partial charge in [-0.2, -0.15) is 0 Å². The topological polar surface area (TPSA) is 92.9 Å². The number of morpholine rings is 1. The summed E-state index contributed by atoms with van der Waals surface area (Å²) in [6.07, 6.45) is -0.314. The quantitative estimate of drug-likeness (QED) is 0.678. The Hall–Kier alpha value is -2.22. The zero-order chi connectivity index (χ0) is 15.7. The molecule has 1 saturated heterocycles. The summed E-state index contributed by atoms with van der Waals surface area (Å²) >= 11 is 0. The number of anilines is 1. The molecule has 1 aliphatic rings. The van der Waals surface area contributed by atoms with Gasteiger partial charge in [-0.15, -0.1) is 0 Å². The zero-order valence-electron chi connectivity index (χ0n) is 11.6. The van der Waals surface area contributed by atoms with Crippen molar-refractivity contribution in [3.8, 4) is 0 Å². The van der Waals surface area contributed by atoms with Crippen molar-refractivity contribution in [2.24, 2.45) is 0 Å². The number of carboxylic acid groups (broad SMARTS) is 1. The molecule has 0 saturated carbocycles. The smallest absolute Gasteiger partial charge is 0.338 e. The molecule has 21 heavy (non-hydrogen) atoms. The van der Waals surface area contributed by atoms with Crippen molar-refractivity contribution >= 4 is 17.3 Å². The normalized spacial score (nSPS) is 22.1. The van der Waals surface area contributed by atoms with Crippen molar-refractivity contribution in [1.82, 2.24) is 0 Å². The van der Waals surface area contributed by atoms with Crippen LogP contribution >= 0.6 is 0 Å². The number of nitro groups is 1. The van der Waals surface area contributed by atoms with E-state index >= 15 is 0 Å². The van der Waals surface area contributed by atoms with Gasteiger partial charge in [0.25, 0.3) is 5.69 Å². The van der Waals surface area contributed by atoms with Crippen molar-refractivity contribution in [1.29, 1.82) is 0 Å². The van der Waals surface area contributed by atoms with Crippen LogP contribution in [0.2, 0.25) is 0 Å². The first kappa shape index (κ1) is 15.2. The second-order valence-corrected chi connectivity index (χ2v) is 5.05. The van der Waals surface area contributed by atoms with E-state index in [9.17, 15) is 19.3 Å². The number of nitro benzene ring substituents is 1. The molecular weight excluding hydrogens is 283 g/mol. The lowest BCUT2D eigenvalue weighted by atomic mass is 10.1. The summed E-state index contributed by atoms with van der Waals surface area (Å²) in [4.78, 5) is 23.0. The minimum absolute atomic E-state index is 0.0736. The molecule has 0 aliphatic carbocycles. The van der Waals surface area contributed by atoms with E-state index in [4.69, 9.17) is 9.84 Å². The minimum atomic E-state index is -1.54. The molecule has 1 fully saturated rings. The summed E-state index contributed by atoms with van der Waals surface area (Å²) in [5, 5.41) is 20.0. The number of hydrogen-bond donors (Lipinski definition) is 1. The van der Waals surface area contributed by atoms with Crippen molar-refractivity contribution in [3.63, 3.8) is 0 Å². The summed E-state index contributed by atoms with van der Waals surface area (Å²) in [6.45, 7) is 4.38. The van der Waals surface area contributed by atoms with Crippen LogP contribution in [0.1, 0.15) is 24.2 Å². The van der Waals surface area contributed by atoms with Crippen LogP contribution in [0, 0.1) is 15.9 Å². The average Bonchev–Trinajstić information content (AvgIpc) is 2.36. The first-order valence-corrected chi connectivity index (χ1v) is 6.41. The van der Waals surface area contributed by atoms with E-state index < -0.39 is 28.0 Å². The van der Waals surface area contributed by atoms with E-state index in [2.05, 4.69) is 0 Å². The van der Waals surface area contributed by atoms with Crippen LogP contribution in [0.5, 0.6) is 0 Å². The van der Waals surface area contributed by atoms with E-state index in [1.807, 2.05) is 13.8 Å². The third-order valence-electron chi connectivity index (χ3n) is 3.25. The summed E-state index contributed by atoms with van der Waals surface area (Å²) < 4.78 is 19.4. The number of rotatable bonds is 3. The van der Waals surface area contributed by atoms with E-state index in [0.717, 1.165) is 12.1 Å². The Kier molecular flexibility index (Phi) is 4.08. The van der Waals surface area contributed by atoms with Gasteiger partial charge in [0.05, 0.1) is 17.1 Å². The van der Waals surface area contributed by atoms with Crippen molar-refractivity contribution in [3.05, 3.63) is 33.6 Å². The molecule has 0 radical (unpaired) electrons. The van der Waals surface area contributed by atoms with Gasteiger partial charge in [0.2, 0.25) is 0 Å². The molecule has 1 aliphatic heterocycles. The Labute approximate surface area is 120 Å². The van der Waals surface area contributed by atoms with Gasteiger partial charge < -0.3 is 14.7 Å². The van der Waals surface area contributed by atoms with Crippen LogP contribution in [-0.2, 0) is 4.74 Å². The molecule has 114 valence electrons. The molecule has 2 rings (SSSR count). The summed E-state index contributed by atoms with van der Waals surface area (Å²) in [6, 6.07) is 1.67. The van der Waals surface area contributed by atoms with Crippen LogP contribution in [0.25, 0.3) is 0 Å². The van der Waals surface area contributed by atoms with Gasteiger partial charge in [-0.1, -0.05) is 0 Å². The number of nitrogens with zero attached hydrogens (tertiary/aromatic N) is 2. The molecule has 0 spiro atoms. The summed E-state index contributed by atoms with van der Waals surface area (Å²) in [7, 11) is 0. The van der Waals surface area contributed by atoms with Crippen molar-refractivity contribution in [2.45, 2.75) is 26.1 Å². The third-order valence-corrected chi connectivity index (χ3v) is 3.25. The number of aromatic carboxylic acids is 1. The molecule has 7 nitrogen and oxygen atoms in total. The van der Waals surface area contributed by atoms with Gasteiger partial charge in [0, 0.05) is 25.2 Å². The van der Waals surface area contributed by atoms with Crippen LogP contribution in [0.4, 0.5) is 15.8 Å². The second-order valence-electron chi connectivity index (χ2n) is 5.05. The molecule has 0 amide bonds. The van der Waals surface area contributed by atoms with Gasteiger partial charge in [0.1, 0.15) is 17.1 Å². The number of hydrogen-bond acceptors (Lipinski definition) is 5. The highest BCUT2D eigenvalue weighted by atomic mass is 19.1. The monoisotopic (exact) mass is 298 g/mol. The highest BCUT2D eigenvalue weighted by Gasteiger charge is 2.30. The van der Waals surface area contributed by atoms with Gasteiger partial charge in [-0.25, -0.2) is 9.18 Å². The molecule has 0 aromatic heterocycles. The maximum atomic E-state index is 13.8. The largest absolute Gasteiger partial charge is 0.478 e. The number of carbonyl (C=O) groups is 1. The molecule has 1 aromatic carbocycles. The van der Waals surface area contributed by atoms with E-state index in [-0.39, 0.29) is 17.9 Å². The minimum Gasteiger partial charge on any atom is -0.478 e. The van der Waals surface area contributed by atoms with Crippen LogP contribution in [0.3, 0.4) is 0 Å². The Morgan fingerprint density at radius 3 is 2.48 bits per heavy atom.